The van der Waals surface area contributed by atoms with E-state index in [1.54, 1.807) is 7.05 Å². The Balaban J connectivity index is 2.59. The van der Waals surface area contributed by atoms with E-state index in [1.165, 1.54) is 4.90 Å². The third kappa shape index (κ3) is 6.13. The molecule has 1 aliphatic carbocycles. The molecule has 0 aromatic rings. The SMILES string of the molecule is CCNC1CCC(C)(C)CC1CN(C)CC(F)(F)F. The van der Waals surface area contributed by atoms with E-state index in [9.17, 15) is 13.2 Å². The van der Waals surface area contributed by atoms with Crippen molar-refractivity contribution in [2.45, 2.75) is 52.3 Å². The maximum atomic E-state index is 12.4. The summed E-state index contributed by atoms with van der Waals surface area (Å²) in [6.45, 7) is 7.06. The van der Waals surface area contributed by atoms with Gasteiger partial charge in [-0.1, -0.05) is 20.8 Å². The third-order valence-corrected chi connectivity index (χ3v) is 3.98. The highest BCUT2D eigenvalue weighted by Gasteiger charge is 2.36. The summed E-state index contributed by atoms with van der Waals surface area (Å²) in [5.41, 5.74) is 0.246. The molecule has 114 valence electrons. The fraction of sp³-hybridized carbons (Fsp3) is 1.00. The summed E-state index contributed by atoms with van der Waals surface area (Å²) in [6.07, 6.45) is -0.908. The van der Waals surface area contributed by atoms with Gasteiger partial charge in [0.1, 0.15) is 0 Å². The van der Waals surface area contributed by atoms with E-state index < -0.39 is 12.7 Å². The van der Waals surface area contributed by atoms with E-state index >= 15 is 0 Å². The number of hydrogen-bond donors (Lipinski definition) is 1. The molecule has 0 bridgehead atoms. The maximum Gasteiger partial charge on any atom is 0.401 e. The maximum absolute atomic E-state index is 12.4. The Morgan fingerprint density at radius 3 is 2.47 bits per heavy atom. The Kier molecular flexibility index (Phi) is 5.68. The molecule has 0 aromatic carbocycles. The number of hydrogen-bond acceptors (Lipinski definition) is 2. The Bertz CT molecular complexity index is 276. The van der Waals surface area contributed by atoms with Crippen molar-refractivity contribution >= 4 is 0 Å². The van der Waals surface area contributed by atoms with Crippen LogP contribution in [0.15, 0.2) is 0 Å². The summed E-state index contributed by atoms with van der Waals surface area (Å²) in [4.78, 5) is 1.41. The third-order valence-electron chi connectivity index (χ3n) is 3.98. The first-order valence-corrected chi connectivity index (χ1v) is 7.11. The fourth-order valence-electron chi connectivity index (χ4n) is 3.23. The Morgan fingerprint density at radius 2 is 1.95 bits per heavy atom. The molecule has 1 aliphatic rings. The van der Waals surface area contributed by atoms with Crippen LogP contribution in [-0.4, -0.2) is 43.8 Å². The van der Waals surface area contributed by atoms with Crippen LogP contribution in [0, 0.1) is 11.3 Å². The quantitative estimate of drug-likeness (QED) is 0.831. The van der Waals surface area contributed by atoms with Crippen LogP contribution in [0.5, 0.6) is 0 Å². The standard InChI is InChI=1S/C14H27F3N2/c1-5-18-12-6-7-13(2,3)8-11(12)9-19(4)10-14(15,16)17/h11-12,18H,5-10H2,1-4H3. The van der Waals surface area contributed by atoms with Crippen LogP contribution < -0.4 is 5.32 Å². The van der Waals surface area contributed by atoms with Crippen LogP contribution in [0.2, 0.25) is 0 Å². The normalized spacial score (nSPS) is 27.8. The Labute approximate surface area is 114 Å². The van der Waals surface area contributed by atoms with Gasteiger partial charge in [-0.2, -0.15) is 13.2 Å². The molecule has 1 fully saturated rings. The van der Waals surface area contributed by atoms with E-state index in [-0.39, 0.29) is 5.41 Å². The molecule has 0 heterocycles. The van der Waals surface area contributed by atoms with Gasteiger partial charge in [-0.05, 0) is 44.2 Å². The highest BCUT2D eigenvalue weighted by atomic mass is 19.4. The first-order valence-electron chi connectivity index (χ1n) is 7.11. The number of halogens is 3. The predicted octanol–water partition coefficient (Wildman–Crippen LogP) is 3.28. The highest BCUT2D eigenvalue weighted by molar-refractivity contribution is 4.90. The lowest BCUT2D eigenvalue weighted by molar-refractivity contribution is -0.145. The zero-order valence-corrected chi connectivity index (χ0v) is 12.5. The summed E-state index contributed by atoms with van der Waals surface area (Å²) in [5, 5.41) is 3.43. The van der Waals surface area contributed by atoms with Crippen molar-refractivity contribution in [1.29, 1.82) is 0 Å². The van der Waals surface area contributed by atoms with Gasteiger partial charge in [0.15, 0.2) is 0 Å². The lowest BCUT2D eigenvalue weighted by Crippen LogP contribution is -2.48. The van der Waals surface area contributed by atoms with Gasteiger partial charge < -0.3 is 5.32 Å². The largest absolute Gasteiger partial charge is 0.401 e. The van der Waals surface area contributed by atoms with Crippen LogP contribution in [0.4, 0.5) is 13.2 Å². The number of nitrogens with zero attached hydrogens (tertiary/aromatic N) is 1. The van der Waals surface area contributed by atoms with Crippen LogP contribution in [0.1, 0.15) is 40.0 Å². The van der Waals surface area contributed by atoms with Crippen molar-refractivity contribution in [3.05, 3.63) is 0 Å². The van der Waals surface area contributed by atoms with Gasteiger partial charge in [-0.3, -0.25) is 4.90 Å². The average molecular weight is 280 g/mol. The molecule has 0 amide bonds. The molecular weight excluding hydrogens is 253 g/mol. The smallest absolute Gasteiger partial charge is 0.314 e. The van der Waals surface area contributed by atoms with Crippen molar-refractivity contribution in [1.82, 2.24) is 10.2 Å². The summed E-state index contributed by atoms with van der Waals surface area (Å²) >= 11 is 0. The molecule has 1 rings (SSSR count). The zero-order chi connectivity index (χ0) is 14.7. The van der Waals surface area contributed by atoms with Crippen molar-refractivity contribution in [2.24, 2.45) is 11.3 Å². The Morgan fingerprint density at radius 1 is 1.32 bits per heavy atom. The van der Waals surface area contributed by atoms with Crippen LogP contribution in [0.3, 0.4) is 0 Å². The van der Waals surface area contributed by atoms with Gasteiger partial charge in [-0.25, -0.2) is 0 Å². The lowest BCUT2D eigenvalue weighted by atomic mass is 9.69. The molecule has 0 saturated heterocycles. The molecule has 19 heavy (non-hydrogen) atoms. The molecular formula is C14H27F3N2. The van der Waals surface area contributed by atoms with E-state index in [0.717, 1.165) is 25.8 Å². The molecule has 1 saturated carbocycles. The van der Waals surface area contributed by atoms with Gasteiger partial charge in [0.25, 0.3) is 0 Å². The monoisotopic (exact) mass is 280 g/mol. The Hall–Kier alpha value is -0.290. The summed E-state index contributed by atoms with van der Waals surface area (Å²) in [6, 6.07) is 0.355. The van der Waals surface area contributed by atoms with Gasteiger partial charge in [0.05, 0.1) is 6.54 Å². The predicted molar refractivity (Wildman–Crippen MR) is 72.1 cm³/mol. The molecule has 1 N–H and O–H groups in total. The molecule has 0 spiro atoms. The second-order valence-corrected chi connectivity index (χ2v) is 6.64. The van der Waals surface area contributed by atoms with Crippen molar-refractivity contribution < 1.29 is 13.2 Å². The van der Waals surface area contributed by atoms with Crippen LogP contribution >= 0.6 is 0 Å². The fourth-order valence-corrected chi connectivity index (χ4v) is 3.23. The number of rotatable bonds is 5. The summed E-state index contributed by atoms with van der Waals surface area (Å²) in [5.74, 6) is 0.302. The van der Waals surface area contributed by atoms with Gasteiger partial charge in [0, 0.05) is 12.6 Å². The molecule has 2 atom stereocenters. The minimum Gasteiger partial charge on any atom is -0.314 e. The second kappa shape index (κ2) is 6.44. The van der Waals surface area contributed by atoms with Crippen molar-refractivity contribution in [3.8, 4) is 0 Å². The molecule has 2 unspecified atom stereocenters. The first kappa shape index (κ1) is 16.8. The van der Waals surface area contributed by atoms with E-state index in [1.807, 2.05) is 0 Å². The average Bonchev–Trinajstić information content (AvgIpc) is 2.18. The number of alkyl halides is 3. The van der Waals surface area contributed by atoms with Crippen molar-refractivity contribution in [3.63, 3.8) is 0 Å². The second-order valence-electron chi connectivity index (χ2n) is 6.64. The minimum atomic E-state index is -4.10. The van der Waals surface area contributed by atoms with E-state index in [0.29, 0.717) is 18.5 Å². The molecule has 2 nitrogen and oxygen atoms in total. The van der Waals surface area contributed by atoms with Crippen LogP contribution in [0.25, 0.3) is 0 Å². The topological polar surface area (TPSA) is 15.3 Å². The first-order chi connectivity index (χ1) is 8.63. The van der Waals surface area contributed by atoms with Crippen molar-refractivity contribution in [2.75, 3.05) is 26.7 Å². The zero-order valence-electron chi connectivity index (χ0n) is 12.5. The minimum absolute atomic E-state index is 0.246. The summed E-state index contributed by atoms with van der Waals surface area (Å²) < 4.78 is 37.2. The van der Waals surface area contributed by atoms with Gasteiger partial charge >= 0.3 is 6.18 Å². The molecule has 5 heteroatoms. The van der Waals surface area contributed by atoms with E-state index in [4.69, 9.17) is 0 Å². The number of nitrogens with one attached hydrogen (secondary N) is 1. The molecule has 0 aliphatic heterocycles. The highest BCUT2D eigenvalue weighted by Crippen LogP contribution is 2.39. The van der Waals surface area contributed by atoms with Gasteiger partial charge in [0.2, 0.25) is 0 Å². The van der Waals surface area contributed by atoms with Gasteiger partial charge in [-0.15, -0.1) is 0 Å². The summed E-state index contributed by atoms with van der Waals surface area (Å²) in [7, 11) is 1.57. The van der Waals surface area contributed by atoms with E-state index in [2.05, 4.69) is 26.1 Å². The molecule has 0 radical (unpaired) electrons. The molecule has 0 aromatic heterocycles. The van der Waals surface area contributed by atoms with Crippen LogP contribution in [-0.2, 0) is 0 Å². The lowest BCUT2D eigenvalue weighted by Gasteiger charge is -2.42.